The highest BCUT2D eigenvalue weighted by Crippen LogP contribution is 2.25. The molecular formula is C7H10N2O3. The van der Waals surface area contributed by atoms with Crippen LogP contribution in [-0.2, 0) is 0 Å². The van der Waals surface area contributed by atoms with Crippen LogP contribution in [0.3, 0.4) is 0 Å². The third-order valence-corrected chi connectivity index (χ3v) is 1.36. The smallest absolute Gasteiger partial charge is 0.371 e. The van der Waals surface area contributed by atoms with E-state index in [0.29, 0.717) is 11.6 Å². The van der Waals surface area contributed by atoms with E-state index in [4.69, 9.17) is 15.3 Å². The topological polar surface area (TPSA) is 79.7 Å². The normalized spacial score (nSPS) is 9.83. The third kappa shape index (κ3) is 1.34. The Morgan fingerprint density at radius 2 is 2.25 bits per heavy atom. The van der Waals surface area contributed by atoms with Crippen molar-refractivity contribution in [2.75, 3.05) is 24.7 Å². The first kappa shape index (κ1) is 8.45. The van der Waals surface area contributed by atoms with Crippen LogP contribution >= 0.6 is 0 Å². The summed E-state index contributed by atoms with van der Waals surface area (Å²) in [5.74, 6) is -0.890. The lowest BCUT2D eigenvalue weighted by molar-refractivity contribution is 0.0663. The fourth-order valence-corrected chi connectivity index (χ4v) is 0.850. The second-order valence-corrected chi connectivity index (χ2v) is 2.57. The van der Waals surface area contributed by atoms with Crippen LogP contribution < -0.4 is 10.6 Å². The molecule has 0 aliphatic rings. The summed E-state index contributed by atoms with van der Waals surface area (Å²) < 4.78 is 4.94. The molecule has 0 amide bonds. The molecule has 0 aliphatic carbocycles. The maximum absolute atomic E-state index is 10.4. The van der Waals surface area contributed by atoms with Gasteiger partial charge in [0.15, 0.2) is 0 Å². The van der Waals surface area contributed by atoms with Gasteiger partial charge in [0.05, 0.1) is 5.69 Å². The predicted molar refractivity (Wildman–Crippen MR) is 44.4 cm³/mol. The Labute approximate surface area is 69.4 Å². The molecule has 0 radical (unpaired) electrons. The summed E-state index contributed by atoms with van der Waals surface area (Å²) in [4.78, 5) is 12.0. The van der Waals surface area contributed by atoms with Crippen molar-refractivity contribution in [3.05, 3.63) is 11.8 Å². The highest BCUT2D eigenvalue weighted by Gasteiger charge is 2.14. The predicted octanol–water partition coefficient (Wildman–Crippen LogP) is 0.626. The fraction of sp³-hybridized carbons (Fsp3) is 0.286. The monoisotopic (exact) mass is 170 g/mol. The van der Waals surface area contributed by atoms with Gasteiger partial charge in [-0.15, -0.1) is 0 Å². The Bertz CT molecular complexity index is 304. The molecule has 12 heavy (non-hydrogen) atoms. The molecular weight excluding hydrogens is 160 g/mol. The lowest BCUT2D eigenvalue weighted by atomic mass is 10.4. The summed E-state index contributed by atoms with van der Waals surface area (Å²) in [5, 5.41) is 8.54. The second kappa shape index (κ2) is 2.77. The molecule has 0 fully saturated rings. The van der Waals surface area contributed by atoms with Crippen LogP contribution in [0.1, 0.15) is 10.6 Å². The van der Waals surface area contributed by atoms with Gasteiger partial charge in [0.2, 0.25) is 11.6 Å². The van der Waals surface area contributed by atoms with Gasteiger partial charge in [-0.3, -0.25) is 0 Å². The Kier molecular flexibility index (Phi) is 1.95. The van der Waals surface area contributed by atoms with Gasteiger partial charge in [-0.2, -0.15) is 0 Å². The largest absolute Gasteiger partial charge is 0.475 e. The van der Waals surface area contributed by atoms with Crippen LogP contribution in [0.15, 0.2) is 10.5 Å². The van der Waals surface area contributed by atoms with Gasteiger partial charge in [0.25, 0.3) is 0 Å². The standard InChI is InChI=1S/C7H10N2O3/c1-9(2)6-4(8)3-5(12-6)7(10)11/h3H,8H2,1-2H3,(H,10,11). The molecule has 1 rings (SSSR count). The quantitative estimate of drug-likeness (QED) is 0.680. The fourth-order valence-electron chi connectivity index (χ4n) is 0.850. The Balaban J connectivity index is 3.09. The lowest BCUT2D eigenvalue weighted by Gasteiger charge is -2.07. The number of hydrogen-bond donors (Lipinski definition) is 2. The number of rotatable bonds is 2. The van der Waals surface area contributed by atoms with Gasteiger partial charge in [0, 0.05) is 20.2 Å². The van der Waals surface area contributed by atoms with Gasteiger partial charge in [-0.1, -0.05) is 0 Å². The summed E-state index contributed by atoms with van der Waals surface area (Å²) in [6.45, 7) is 0. The van der Waals surface area contributed by atoms with Gasteiger partial charge >= 0.3 is 5.97 Å². The van der Waals surface area contributed by atoms with Crippen molar-refractivity contribution in [1.29, 1.82) is 0 Å². The first-order chi connectivity index (χ1) is 5.52. The van der Waals surface area contributed by atoms with E-state index in [1.54, 1.807) is 19.0 Å². The number of nitrogen functional groups attached to an aromatic ring is 1. The molecule has 1 aromatic heterocycles. The molecule has 5 nitrogen and oxygen atoms in total. The van der Waals surface area contributed by atoms with Crippen LogP contribution in [-0.4, -0.2) is 25.2 Å². The van der Waals surface area contributed by atoms with Crippen LogP contribution in [0, 0.1) is 0 Å². The molecule has 1 aromatic rings. The number of hydrogen-bond acceptors (Lipinski definition) is 4. The average molecular weight is 170 g/mol. The lowest BCUT2D eigenvalue weighted by Crippen LogP contribution is -2.09. The van der Waals surface area contributed by atoms with Gasteiger partial charge in [0.1, 0.15) is 0 Å². The van der Waals surface area contributed by atoms with Crippen LogP contribution in [0.2, 0.25) is 0 Å². The van der Waals surface area contributed by atoms with Crippen LogP contribution in [0.4, 0.5) is 11.6 Å². The number of aromatic carboxylic acids is 1. The van der Waals surface area contributed by atoms with Crippen molar-refractivity contribution < 1.29 is 14.3 Å². The van der Waals surface area contributed by atoms with Gasteiger partial charge in [-0.25, -0.2) is 4.79 Å². The first-order valence-electron chi connectivity index (χ1n) is 3.32. The minimum Gasteiger partial charge on any atom is -0.475 e. The zero-order valence-electron chi connectivity index (χ0n) is 6.87. The van der Waals surface area contributed by atoms with E-state index in [-0.39, 0.29) is 5.76 Å². The van der Waals surface area contributed by atoms with Crippen LogP contribution in [0.5, 0.6) is 0 Å². The van der Waals surface area contributed by atoms with Gasteiger partial charge < -0.3 is 20.2 Å². The number of carboxylic acids is 1. The number of furan rings is 1. The number of nitrogens with zero attached hydrogens (tertiary/aromatic N) is 1. The summed E-state index contributed by atoms with van der Waals surface area (Å²) in [6, 6.07) is 1.29. The summed E-state index contributed by atoms with van der Waals surface area (Å²) in [5.41, 5.74) is 5.81. The molecule has 1 heterocycles. The molecule has 0 saturated carbocycles. The van der Waals surface area contributed by atoms with Gasteiger partial charge in [-0.05, 0) is 0 Å². The molecule has 0 unspecified atom stereocenters. The molecule has 0 spiro atoms. The molecule has 0 bridgehead atoms. The molecule has 5 heteroatoms. The van der Waals surface area contributed by atoms with Crippen molar-refractivity contribution in [3.63, 3.8) is 0 Å². The van der Waals surface area contributed by atoms with E-state index in [1.165, 1.54) is 6.07 Å². The van der Waals surface area contributed by atoms with E-state index in [1.807, 2.05) is 0 Å². The third-order valence-electron chi connectivity index (χ3n) is 1.36. The Morgan fingerprint density at radius 3 is 2.50 bits per heavy atom. The molecule has 0 aliphatic heterocycles. The van der Waals surface area contributed by atoms with Crippen molar-refractivity contribution in [1.82, 2.24) is 0 Å². The second-order valence-electron chi connectivity index (χ2n) is 2.57. The van der Waals surface area contributed by atoms with Crippen LogP contribution in [0.25, 0.3) is 0 Å². The number of anilines is 2. The van der Waals surface area contributed by atoms with E-state index in [0.717, 1.165) is 0 Å². The minimum absolute atomic E-state index is 0.142. The van der Waals surface area contributed by atoms with Crippen molar-refractivity contribution in [2.24, 2.45) is 0 Å². The number of carboxylic acid groups (broad SMARTS) is 1. The summed E-state index contributed by atoms with van der Waals surface area (Å²) in [6.07, 6.45) is 0. The van der Waals surface area contributed by atoms with E-state index >= 15 is 0 Å². The van der Waals surface area contributed by atoms with E-state index < -0.39 is 5.97 Å². The molecule has 0 saturated heterocycles. The average Bonchev–Trinajstić information content (AvgIpc) is 2.30. The van der Waals surface area contributed by atoms with E-state index in [2.05, 4.69) is 0 Å². The maximum Gasteiger partial charge on any atom is 0.371 e. The summed E-state index contributed by atoms with van der Waals surface area (Å²) in [7, 11) is 3.45. The molecule has 0 aromatic carbocycles. The minimum atomic E-state index is -1.12. The Morgan fingerprint density at radius 1 is 1.67 bits per heavy atom. The SMILES string of the molecule is CN(C)c1oc(C(=O)O)cc1N. The van der Waals surface area contributed by atoms with Crippen molar-refractivity contribution >= 4 is 17.5 Å². The molecule has 0 atom stereocenters. The highest BCUT2D eigenvalue weighted by molar-refractivity contribution is 5.87. The van der Waals surface area contributed by atoms with E-state index in [9.17, 15) is 4.79 Å². The number of carbonyl (C=O) groups is 1. The first-order valence-corrected chi connectivity index (χ1v) is 3.32. The van der Waals surface area contributed by atoms with Crippen molar-refractivity contribution in [3.8, 4) is 0 Å². The molecule has 3 N–H and O–H groups in total. The number of nitrogens with two attached hydrogens (primary N) is 1. The zero-order chi connectivity index (χ0) is 9.30. The maximum atomic E-state index is 10.4. The zero-order valence-corrected chi connectivity index (χ0v) is 6.87. The molecule has 66 valence electrons. The Hall–Kier alpha value is -1.65. The van der Waals surface area contributed by atoms with Crippen molar-refractivity contribution in [2.45, 2.75) is 0 Å². The summed E-state index contributed by atoms with van der Waals surface area (Å²) >= 11 is 0. The highest BCUT2D eigenvalue weighted by atomic mass is 16.4.